The Morgan fingerprint density at radius 1 is 1.12 bits per heavy atom. The molecule has 1 aliphatic rings. The summed E-state index contributed by atoms with van der Waals surface area (Å²) >= 11 is 7.22. The molecule has 9 nitrogen and oxygen atoms in total. The fourth-order valence-electron chi connectivity index (χ4n) is 3.81. The minimum atomic E-state index is -1.14. The lowest BCUT2D eigenvalue weighted by Crippen LogP contribution is -2.29. The number of anilines is 1. The Labute approximate surface area is 200 Å². The van der Waals surface area contributed by atoms with E-state index in [4.69, 9.17) is 11.6 Å². The van der Waals surface area contributed by atoms with Crippen LogP contribution in [0.3, 0.4) is 0 Å². The lowest BCUT2D eigenvalue weighted by Gasteiger charge is -2.22. The summed E-state index contributed by atoms with van der Waals surface area (Å²) in [5.41, 5.74) is 0.705. The number of amides is 1. The molecule has 1 amide bonds. The zero-order chi connectivity index (χ0) is 24.0. The third-order valence-corrected chi connectivity index (χ3v) is 6.59. The summed E-state index contributed by atoms with van der Waals surface area (Å²) in [6, 6.07) is 12.5. The molecule has 5 rings (SSSR count). The van der Waals surface area contributed by atoms with Crippen molar-refractivity contribution in [2.24, 2.45) is 0 Å². The van der Waals surface area contributed by atoms with Crippen molar-refractivity contribution in [1.82, 2.24) is 9.97 Å². The molecular formula is C23H13ClN4O5S. The number of carbonyl (C=O) groups is 2. The van der Waals surface area contributed by atoms with Gasteiger partial charge in [0.15, 0.2) is 5.13 Å². The summed E-state index contributed by atoms with van der Waals surface area (Å²) in [5, 5.41) is 23.1. The highest BCUT2D eigenvalue weighted by atomic mass is 35.5. The predicted octanol–water partition coefficient (Wildman–Crippen LogP) is 4.88. The largest absolute Gasteiger partial charge is 0.507 e. The number of hydrogen-bond acceptors (Lipinski definition) is 8. The highest BCUT2D eigenvalue weighted by Crippen LogP contribution is 2.45. The van der Waals surface area contributed by atoms with E-state index >= 15 is 0 Å². The molecule has 1 aliphatic heterocycles. The number of nitro groups is 1. The zero-order valence-electron chi connectivity index (χ0n) is 17.1. The van der Waals surface area contributed by atoms with E-state index < -0.39 is 28.4 Å². The number of aromatic nitrogens is 2. The van der Waals surface area contributed by atoms with Gasteiger partial charge in [-0.15, -0.1) is 0 Å². The van der Waals surface area contributed by atoms with Crippen molar-refractivity contribution < 1.29 is 19.6 Å². The van der Waals surface area contributed by atoms with E-state index in [2.05, 4.69) is 9.97 Å². The molecule has 0 bridgehead atoms. The molecule has 0 spiro atoms. The van der Waals surface area contributed by atoms with Gasteiger partial charge in [-0.05, 0) is 35.9 Å². The molecule has 1 N–H and O–H groups in total. The van der Waals surface area contributed by atoms with Crippen LogP contribution in [0.5, 0.6) is 0 Å². The number of nitro benzene ring substituents is 1. The molecule has 11 heteroatoms. The van der Waals surface area contributed by atoms with E-state index in [9.17, 15) is 24.8 Å². The van der Waals surface area contributed by atoms with Crippen LogP contribution < -0.4 is 4.90 Å². The Hall–Kier alpha value is -4.15. The van der Waals surface area contributed by atoms with Gasteiger partial charge in [0.1, 0.15) is 5.76 Å². The number of ketones is 1. The lowest BCUT2D eigenvalue weighted by molar-refractivity contribution is -0.384. The minimum absolute atomic E-state index is 0.199. The average Bonchev–Trinajstić information content (AvgIpc) is 3.37. The normalized spacial score (nSPS) is 17.4. The van der Waals surface area contributed by atoms with Crippen molar-refractivity contribution in [3.63, 3.8) is 0 Å². The van der Waals surface area contributed by atoms with Crippen LogP contribution in [0.4, 0.5) is 10.8 Å². The molecule has 3 heterocycles. The second kappa shape index (κ2) is 8.32. The number of carbonyl (C=O) groups excluding carboxylic acids is 2. The predicted molar refractivity (Wildman–Crippen MR) is 127 cm³/mol. The molecule has 1 fully saturated rings. The Morgan fingerprint density at radius 2 is 1.88 bits per heavy atom. The van der Waals surface area contributed by atoms with Gasteiger partial charge in [0, 0.05) is 35.1 Å². The SMILES string of the molecule is O=C1C(=O)N(c2nc3ccc(Cl)cc3s2)C(c2cccc([N+](=O)[O-])c2)/C1=C(\O)c1ccncc1. The van der Waals surface area contributed by atoms with Crippen LogP contribution in [0.25, 0.3) is 16.0 Å². The molecule has 1 unspecified atom stereocenters. The first-order valence-electron chi connectivity index (χ1n) is 9.87. The van der Waals surface area contributed by atoms with Crippen LogP contribution in [0.15, 0.2) is 72.6 Å². The smallest absolute Gasteiger partial charge is 0.301 e. The maximum absolute atomic E-state index is 13.2. The highest BCUT2D eigenvalue weighted by Gasteiger charge is 2.48. The van der Waals surface area contributed by atoms with E-state index in [0.717, 1.165) is 16.2 Å². The fraction of sp³-hybridized carbons (Fsp3) is 0.0435. The average molecular weight is 493 g/mol. The maximum Gasteiger partial charge on any atom is 0.301 e. The van der Waals surface area contributed by atoms with Crippen molar-refractivity contribution in [2.75, 3.05) is 4.90 Å². The molecule has 2 aromatic heterocycles. The number of hydrogen-bond donors (Lipinski definition) is 1. The lowest BCUT2D eigenvalue weighted by atomic mass is 9.95. The van der Waals surface area contributed by atoms with Crippen LogP contribution >= 0.6 is 22.9 Å². The number of benzene rings is 2. The first-order valence-corrected chi connectivity index (χ1v) is 11.1. The minimum Gasteiger partial charge on any atom is -0.507 e. The first kappa shape index (κ1) is 21.7. The van der Waals surface area contributed by atoms with E-state index in [1.807, 2.05) is 0 Å². The van der Waals surface area contributed by atoms with Crippen LogP contribution in [-0.4, -0.2) is 31.7 Å². The number of nitrogens with zero attached hydrogens (tertiary/aromatic N) is 4. The van der Waals surface area contributed by atoms with Gasteiger partial charge in [0.05, 0.1) is 26.8 Å². The maximum atomic E-state index is 13.2. The molecular weight excluding hydrogens is 480 g/mol. The van der Waals surface area contributed by atoms with Gasteiger partial charge in [0.2, 0.25) is 0 Å². The first-order chi connectivity index (χ1) is 16.3. The third kappa shape index (κ3) is 3.58. The monoisotopic (exact) mass is 492 g/mol. The van der Waals surface area contributed by atoms with Crippen molar-refractivity contribution in [3.05, 3.63) is 98.8 Å². The summed E-state index contributed by atoms with van der Waals surface area (Å²) in [4.78, 5) is 46.8. The molecule has 0 saturated carbocycles. The number of pyridine rings is 1. The zero-order valence-corrected chi connectivity index (χ0v) is 18.7. The number of thiazole rings is 1. The molecule has 0 radical (unpaired) electrons. The van der Waals surface area contributed by atoms with E-state index in [-0.39, 0.29) is 27.5 Å². The number of fused-ring (bicyclic) bond motifs is 1. The Morgan fingerprint density at radius 3 is 2.62 bits per heavy atom. The molecule has 2 aromatic carbocycles. The van der Waals surface area contributed by atoms with E-state index in [0.29, 0.717) is 15.2 Å². The van der Waals surface area contributed by atoms with Gasteiger partial charge in [-0.3, -0.25) is 29.6 Å². The van der Waals surface area contributed by atoms with E-state index in [1.54, 1.807) is 24.3 Å². The molecule has 1 atom stereocenters. The quantitative estimate of drug-likeness (QED) is 0.141. The number of Topliss-reactive ketones (excluding diaryl/α,β-unsaturated/α-hetero) is 1. The number of rotatable bonds is 4. The second-order valence-corrected chi connectivity index (χ2v) is 8.81. The molecule has 34 heavy (non-hydrogen) atoms. The van der Waals surface area contributed by atoms with Crippen molar-refractivity contribution in [2.45, 2.75) is 6.04 Å². The van der Waals surface area contributed by atoms with Crippen molar-refractivity contribution in [3.8, 4) is 0 Å². The second-order valence-electron chi connectivity index (χ2n) is 7.37. The van der Waals surface area contributed by atoms with Crippen molar-refractivity contribution >= 4 is 61.4 Å². The van der Waals surface area contributed by atoms with Gasteiger partial charge < -0.3 is 5.11 Å². The van der Waals surface area contributed by atoms with Gasteiger partial charge in [-0.25, -0.2) is 4.98 Å². The van der Waals surface area contributed by atoms with E-state index in [1.165, 1.54) is 42.7 Å². The standard InChI is InChI=1S/C23H13ClN4O5S/c24-14-4-5-16-17(11-14)34-23(26-16)27-19(13-2-1-3-15(10-13)28(32)33)18(21(30)22(27)31)20(29)12-6-8-25-9-7-12/h1-11,19,29H/b20-18+. The highest BCUT2D eigenvalue weighted by molar-refractivity contribution is 7.22. The topological polar surface area (TPSA) is 127 Å². The van der Waals surface area contributed by atoms with Crippen LogP contribution in [0.2, 0.25) is 5.02 Å². The van der Waals surface area contributed by atoms with Crippen LogP contribution in [-0.2, 0) is 9.59 Å². The number of non-ortho nitro benzene ring substituents is 1. The summed E-state index contributed by atoms with van der Waals surface area (Å²) in [6.07, 6.45) is 2.87. The molecule has 0 aliphatic carbocycles. The molecule has 1 saturated heterocycles. The van der Waals surface area contributed by atoms with Gasteiger partial charge in [-0.2, -0.15) is 0 Å². The fourth-order valence-corrected chi connectivity index (χ4v) is 5.08. The Balaban J connectivity index is 1.75. The number of halogens is 1. The third-order valence-electron chi connectivity index (χ3n) is 5.34. The Kier molecular flexibility index (Phi) is 5.31. The van der Waals surface area contributed by atoms with Crippen LogP contribution in [0, 0.1) is 10.1 Å². The summed E-state index contributed by atoms with van der Waals surface area (Å²) < 4.78 is 0.691. The van der Waals surface area contributed by atoms with Crippen LogP contribution in [0.1, 0.15) is 17.2 Å². The molecule has 168 valence electrons. The Bertz CT molecular complexity index is 1520. The number of aliphatic hydroxyl groups is 1. The summed E-state index contributed by atoms with van der Waals surface area (Å²) in [6.45, 7) is 0. The van der Waals surface area contributed by atoms with Gasteiger partial charge >= 0.3 is 5.91 Å². The van der Waals surface area contributed by atoms with Gasteiger partial charge in [0.25, 0.3) is 11.5 Å². The van der Waals surface area contributed by atoms with Gasteiger partial charge in [-0.1, -0.05) is 35.1 Å². The van der Waals surface area contributed by atoms with Crippen molar-refractivity contribution in [1.29, 1.82) is 0 Å². The number of aliphatic hydroxyl groups excluding tert-OH is 1. The summed E-state index contributed by atoms with van der Waals surface area (Å²) in [7, 11) is 0. The summed E-state index contributed by atoms with van der Waals surface area (Å²) in [5.74, 6) is -2.25. The molecule has 4 aromatic rings.